The molecule has 1 aromatic heterocycles. The predicted molar refractivity (Wildman–Crippen MR) is 43.7 cm³/mol. The highest BCUT2D eigenvalue weighted by Gasteiger charge is 2.03. The lowest BCUT2D eigenvalue weighted by Crippen LogP contribution is -2.12. The molecule has 0 unspecified atom stereocenters. The van der Waals surface area contributed by atoms with E-state index >= 15 is 0 Å². The summed E-state index contributed by atoms with van der Waals surface area (Å²) in [6.45, 7) is 2.10. The van der Waals surface area contributed by atoms with Crippen LogP contribution in [0.4, 0.5) is 4.79 Å². The molecule has 0 aliphatic rings. The second kappa shape index (κ2) is 4.01. The molecule has 0 bridgehead atoms. The van der Waals surface area contributed by atoms with Gasteiger partial charge in [-0.1, -0.05) is 18.3 Å². The zero-order chi connectivity index (χ0) is 8.97. The lowest BCUT2D eigenvalue weighted by Gasteiger charge is -1.94. The van der Waals surface area contributed by atoms with Gasteiger partial charge in [-0.2, -0.15) is 0 Å². The van der Waals surface area contributed by atoms with Gasteiger partial charge in [-0.3, -0.25) is 0 Å². The first-order valence-corrected chi connectivity index (χ1v) is 4.27. The van der Waals surface area contributed by atoms with Crippen molar-refractivity contribution in [2.24, 2.45) is 5.73 Å². The molecule has 1 amide bonds. The minimum absolute atomic E-state index is 0.118. The summed E-state index contributed by atoms with van der Waals surface area (Å²) < 4.78 is 4.53. The van der Waals surface area contributed by atoms with E-state index in [1.54, 1.807) is 0 Å². The molecule has 0 spiro atoms. The molecule has 66 valence electrons. The Morgan fingerprint density at radius 2 is 2.25 bits per heavy atom. The molecule has 0 aliphatic heterocycles. The average molecular weight is 187 g/mol. The monoisotopic (exact) mass is 187 g/mol. The van der Waals surface area contributed by atoms with Crippen LogP contribution in [-0.4, -0.2) is 16.3 Å². The molecule has 12 heavy (non-hydrogen) atoms. The molecule has 2 N–H and O–H groups in total. The van der Waals surface area contributed by atoms with Gasteiger partial charge in [0.05, 0.1) is 0 Å². The summed E-state index contributed by atoms with van der Waals surface area (Å²) >= 11 is 1.42. The number of carbonyl (C=O) groups excluding carboxylic acids is 1. The van der Waals surface area contributed by atoms with Gasteiger partial charge >= 0.3 is 6.09 Å². The van der Waals surface area contributed by atoms with Crippen molar-refractivity contribution in [2.75, 3.05) is 0 Å². The van der Waals surface area contributed by atoms with Crippen LogP contribution < -0.4 is 5.73 Å². The van der Waals surface area contributed by atoms with Crippen LogP contribution in [0.2, 0.25) is 0 Å². The quantitative estimate of drug-likeness (QED) is 0.755. The molecule has 0 aliphatic carbocycles. The molecule has 5 nitrogen and oxygen atoms in total. The highest BCUT2D eigenvalue weighted by Crippen LogP contribution is 2.10. The molecular formula is C6H9N3O2S. The van der Waals surface area contributed by atoms with Crippen LogP contribution in [0, 0.1) is 0 Å². The fraction of sp³-hybridized carbons (Fsp3) is 0.500. The van der Waals surface area contributed by atoms with E-state index in [1.807, 2.05) is 6.92 Å². The van der Waals surface area contributed by atoms with E-state index in [0.717, 1.165) is 11.4 Å². The van der Waals surface area contributed by atoms with Crippen LogP contribution in [-0.2, 0) is 17.8 Å². The van der Waals surface area contributed by atoms with Crippen molar-refractivity contribution in [1.82, 2.24) is 10.2 Å². The summed E-state index contributed by atoms with van der Waals surface area (Å²) in [6.07, 6.45) is 0.0528. The van der Waals surface area contributed by atoms with Crippen molar-refractivity contribution < 1.29 is 9.53 Å². The number of hydrogen-bond donors (Lipinski definition) is 1. The normalized spacial score (nSPS) is 9.75. The van der Waals surface area contributed by atoms with Crippen molar-refractivity contribution in [3.63, 3.8) is 0 Å². The fourth-order valence-corrected chi connectivity index (χ4v) is 1.32. The summed E-state index contributed by atoms with van der Waals surface area (Å²) in [4.78, 5) is 10.2. The van der Waals surface area contributed by atoms with Crippen LogP contribution >= 0.6 is 11.3 Å². The molecule has 0 fully saturated rings. The van der Waals surface area contributed by atoms with Crippen molar-refractivity contribution in [2.45, 2.75) is 20.0 Å². The third-order valence-electron chi connectivity index (χ3n) is 1.15. The van der Waals surface area contributed by atoms with Crippen molar-refractivity contribution >= 4 is 17.4 Å². The van der Waals surface area contributed by atoms with Crippen LogP contribution in [0.3, 0.4) is 0 Å². The minimum atomic E-state index is -0.789. The molecule has 0 saturated carbocycles. The molecule has 1 aromatic rings. The largest absolute Gasteiger partial charge is 0.442 e. The van der Waals surface area contributed by atoms with Gasteiger partial charge in [0.25, 0.3) is 0 Å². The number of hydrogen-bond acceptors (Lipinski definition) is 5. The topological polar surface area (TPSA) is 78.1 Å². The Hall–Kier alpha value is -1.17. The summed E-state index contributed by atoms with van der Waals surface area (Å²) in [5.74, 6) is 0. The summed E-state index contributed by atoms with van der Waals surface area (Å²) in [7, 11) is 0. The van der Waals surface area contributed by atoms with Crippen molar-refractivity contribution in [1.29, 1.82) is 0 Å². The Morgan fingerprint density at radius 1 is 1.58 bits per heavy atom. The van der Waals surface area contributed by atoms with Crippen LogP contribution in [0.1, 0.15) is 16.9 Å². The van der Waals surface area contributed by atoms with Crippen LogP contribution in [0.25, 0.3) is 0 Å². The van der Waals surface area contributed by atoms with Gasteiger partial charge in [0.15, 0.2) is 5.01 Å². The second-order valence-electron chi connectivity index (χ2n) is 2.05. The van der Waals surface area contributed by atoms with Crippen molar-refractivity contribution in [3.8, 4) is 0 Å². The maximum atomic E-state index is 10.2. The molecule has 6 heteroatoms. The van der Waals surface area contributed by atoms with E-state index in [2.05, 4.69) is 14.9 Å². The zero-order valence-electron chi connectivity index (χ0n) is 6.61. The van der Waals surface area contributed by atoms with Gasteiger partial charge in [0, 0.05) is 0 Å². The van der Waals surface area contributed by atoms with Crippen molar-refractivity contribution in [3.05, 3.63) is 10.0 Å². The van der Waals surface area contributed by atoms with E-state index in [9.17, 15) is 4.79 Å². The molecule has 0 radical (unpaired) electrons. The number of carbonyl (C=O) groups is 1. The Bertz CT molecular complexity index is 274. The number of amides is 1. The molecule has 1 rings (SSSR count). The molecule has 0 saturated heterocycles. The number of ether oxygens (including phenoxy) is 1. The minimum Gasteiger partial charge on any atom is -0.442 e. The Kier molecular flexibility index (Phi) is 2.98. The van der Waals surface area contributed by atoms with Gasteiger partial charge in [-0.25, -0.2) is 4.79 Å². The van der Waals surface area contributed by atoms with E-state index in [0.29, 0.717) is 5.01 Å². The van der Waals surface area contributed by atoms with Gasteiger partial charge in [0.2, 0.25) is 0 Å². The fourth-order valence-electron chi connectivity index (χ4n) is 0.622. The van der Waals surface area contributed by atoms with Gasteiger partial charge in [-0.05, 0) is 6.42 Å². The highest BCUT2D eigenvalue weighted by molar-refractivity contribution is 7.11. The van der Waals surface area contributed by atoms with E-state index in [1.165, 1.54) is 11.3 Å². The van der Waals surface area contributed by atoms with E-state index < -0.39 is 6.09 Å². The third-order valence-corrected chi connectivity index (χ3v) is 2.19. The maximum absolute atomic E-state index is 10.2. The molecule has 1 heterocycles. The Morgan fingerprint density at radius 3 is 2.75 bits per heavy atom. The number of aromatic nitrogens is 2. The third kappa shape index (κ3) is 2.46. The van der Waals surface area contributed by atoms with Gasteiger partial charge < -0.3 is 10.5 Å². The lowest BCUT2D eigenvalue weighted by atomic mass is 10.5. The lowest BCUT2D eigenvalue weighted by molar-refractivity contribution is 0.150. The van der Waals surface area contributed by atoms with Crippen LogP contribution in [0.15, 0.2) is 0 Å². The van der Waals surface area contributed by atoms with Gasteiger partial charge in [-0.15, -0.1) is 10.2 Å². The standard InChI is InChI=1S/C6H9N3O2S/c1-2-4-8-9-5(12-4)3-11-6(7)10/h2-3H2,1H3,(H2,7,10). The predicted octanol–water partition coefficient (Wildman–Crippen LogP) is 0.696. The number of nitrogens with zero attached hydrogens (tertiary/aromatic N) is 2. The molecule has 0 aromatic carbocycles. The number of aryl methyl sites for hydroxylation is 1. The molecular weight excluding hydrogens is 178 g/mol. The first-order chi connectivity index (χ1) is 5.72. The highest BCUT2D eigenvalue weighted by atomic mass is 32.1. The first-order valence-electron chi connectivity index (χ1n) is 3.46. The Labute approximate surface area is 73.6 Å². The SMILES string of the molecule is CCc1nnc(COC(N)=O)s1. The average Bonchev–Trinajstić information content (AvgIpc) is 2.48. The zero-order valence-corrected chi connectivity index (χ0v) is 7.43. The summed E-state index contributed by atoms with van der Waals surface area (Å²) in [5, 5.41) is 9.24. The summed E-state index contributed by atoms with van der Waals surface area (Å²) in [5.41, 5.74) is 4.77. The number of rotatable bonds is 3. The summed E-state index contributed by atoms with van der Waals surface area (Å²) in [6, 6.07) is 0. The van der Waals surface area contributed by atoms with Gasteiger partial charge in [0.1, 0.15) is 11.6 Å². The number of primary amides is 1. The second-order valence-corrected chi connectivity index (χ2v) is 3.20. The maximum Gasteiger partial charge on any atom is 0.404 e. The smallest absolute Gasteiger partial charge is 0.404 e. The number of nitrogens with two attached hydrogens (primary N) is 1. The van der Waals surface area contributed by atoms with E-state index in [-0.39, 0.29) is 6.61 Å². The first kappa shape index (κ1) is 8.92. The molecule has 0 atom stereocenters. The van der Waals surface area contributed by atoms with Crippen LogP contribution in [0.5, 0.6) is 0 Å². The Balaban J connectivity index is 2.47. The van der Waals surface area contributed by atoms with E-state index in [4.69, 9.17) is 5.73 Å².